The number of nitrogens with zero attached hydrogens (tertiary/aromatic N) is 4. The number of benzene rings is 2. The van der Waals surface area contributed by atoms with Gasteiger partial charge in [0.25, 0.3) is 10.0 Å². The first kappa shape index (κ1) is 24.2. The molecule has 0 atom stereocenters. The van der Waals surface area contributed by atoms with Gasteiger partial charge in [0.15, 0.2) is 5.82 Å². The van der Waals surface area contributed by atoms with E-state index in [9.17, 15) is 21.6 Å². The van der Waals surface area contributed by atoms with Crippen LogP contribution in [-0.2, 0) is 16.2 Å². The van der Waals surface area contributed by atoms with Crippen molar-refractivity contribution >= 4 is 15.7 Å². The van der Waals surface area contributed by atoms with Crippen molar-refractivity contribution in [2.75, 3.05) is 4.72 Å². The molecule has 0 fully saturated rings. The molecule has 35 heavy (non-hydrogen) atoms. The van der Waals surface area contributed by atoms with Gasteiger partial charge in [0.05, 0.1) is 16.2 Å². The molecule has 1 N–H and O–H groups in total. The van der Waals surface area contributed by atoms with Gasteiger partial charge in [-0.1, -0.05) is 0 Å². The highest BCUT2D eigenvalue weighted by Crippen LogP contribution is 2.30. The molecule has 0 spiro atoms. The van der Waals surface area contributed by atoms with Crippen LogP contribution in [0.5, 0.6) is 11.6 Å². The van der Waals surface area contributed by atoms with Crippen LogP contribution in [0.15, 0.2) is 65.8 Å². The summed E-state index contributed by atoms with van der Waals surface area (Å²) in [5.74, 6) is 1.18. The summed E-state index contributed by atoms with van der Waals surface area (Å²) >= 11 is 0. The molecule has 0 saturated heterocycles. The lowest BCUT2D eigenvalue weighted by Gasteiger charge is -2.11. The van der Waals surface area contributed by atoms with Gasteiger partial charge < -0.3 is 4.74 Å². The van der Waals surface area contributed by atoms with Gasteiger partial charge in [-0.25, -0.2) is 23.1 Å². The van der Waals surface area contributed by atoms with Gasteiger partial charge in [0, 0.05) is 17.4 Å². The van der Waals surface area contributed by atoms with Crippen LogP contribution in [0.4, 0.5) is 18.9 Å². The first-order valence-electron chi connectivity index (χ1n) is 10.3. The van der Waals surface area contributed by atoms with Crippen molar-refractivity contribution in [3.63, 3.8) is 0 Å². The molecule has 0 bridgehead atoms. The minimum atomic E-state index is -4.55. The number of hydrogen-bond acceptors (Lipinski definition) is 6. The van der Waals surface area contributed by atoms with Crippen molar-refractivity contribution in [3.05, 3.63) is 83.4 Å². The molecule has 12 heteroatoms. The second kappa shape index (κ2) is 9.02. The smallest absolute Gasteiger partial charge is 0.416 e. The molecule has 8 nitrogen and oxygen atoms in total. The zero-order valence-electron chi connectivity index (χ0n) is 18.8. The van der Waals surface area contributed by atoms with Gasteiger partial charge in [-0.15, -0.1) is 0 Å². The van der Waals surface area contributed by atoms with Gasteiger partial charge in [-0.2, -0.15) is 18.3 Å². The summed E-state index contributed by atoms with van der Waals surface area (Å²) in [5.41, 5.74) is 2.16. The molecule has 182 valence electrons. The second-order valence-corrected chi connectivity index (χ2v) is 9.36. The maximum Gasteiger partial charge on any atom is 0.416 e. The zero-order valence-corrected chi connectivity index (χ0v) is 19.6. The van der Waals surface area contributed by atoms with Gasteiger partial charge in [-0.05, 0) is 74.9 Å². The average molecular weight is 504 g/mol. The van der Waals surface area contributed by atoms with E-state index in [4.69, 9.17) is 4.74 Å². The zero-order chi connectivity index (χ0) is 25.4. The Balaban J connectivity index is 1.47. The van der Waals surface area contributed by atoms with E-state index in [1.54, 1.807) is 10.7 Å². The second-order valence-electron chi connectivity index (χ2n) is 7.68. The number of rotatable bonds is 6. The van der Waals surface area contributed by atoms with E-state index in [1.165, 1.54) is 30.6 Å². The Hall–Kier alpha value is -3.93. The third kappa shape index (κ3) is 5.27. The topological polar surface area (TPSA) is 99.0 Å². The number of aromatic nitrogens is 4. The molecule has 0 aliphatic rings. The van der Waals surface area contributed by atoms with Gasteiger partial charge >= 0.3 is 6.18 Å². The van der Waals surface area contributed by atoms with E-state index >= 15 is 0 Å². The summed E-state index contributed by atoms with van der Waals surface area (Å²) in [4.78, 5) is 8.04. The van der Waals surface area contributed by atoms with Crippen molar-refractivity contribution in [1.82, 2.24) is 19.7 Å². The van der Waals surface area contributed by atoms with E-state index in [0.717, 1.165) is 41.2 Å². The Morgan fingerprint density at radius 2 is 1.60 bits per heavy atom. The number of aryl methyl sites for hydroxylation is 1. The Labute approximate surface area is 199 Å². The first-order valence-corrected chi connectivity index (χ1v) is 11.8. The van der Waals surface area contributed by atoms with Crippen LogP contribution >= 0.6 is 0 Å². The minimum absolute atomic E-state index is 0.207. The van der Waals surface area contributed by atoms with Crippen LogP contribution in [0, 0.1) is 20.8 Å². The summed E-state index contributed by atoms with van der Waals surface area (Å²) < 4.78 is 72.9. The normalized spacial score (nSPS) is 11.9. The molecule has 2 heterocycles. The number of alkyl halides is 3. The Morgan fingerprint density at radius 1 is 0.943 bits per heavy atom. The number of ether oxygens (including phenoxy) is 1. The van der Waals surface area contributed by atoms with Crippen molar-refractivity contribution in [2.24, 2.45) is 0 Å². The fourth-order valence-electron chi connectivity index (χ4n) is 3.19. The van der Waals surface area contributed by atoms with E-state index in [0.29, 0.717) is 11.6 Å². The lowest BCUT2D eigenvalue weighted by Crippen LogP contribution is -2.13. The first-order chi connectivity index (χ1) is 16.4. The molecule has 0 aliphatic carbocycles. The lowest BCUT2D eigenvalue weighted by atomic mass is 10.2. The van der Waals surface area contributed by atoms with Crippen molar-refractivity contribution in [2.45, 2.75) is 31.8 Å². The highest BCUT2D eigenvalue weighted by Gasteiger charge is 2.30. The fourth-order valence-corrected chi connectivity index (χ4v) is 4.25. The summed E-state index contributed by atoms with van der Waals surface area (Å²) in [6.07, 6.45) is -3.20. The molecule has 2 aromatic carbocycles. The largest absolute Gasteiger partial charge is 0.439 e. The van der Waals surface area contributed by atoms with Crippen LogP contribution in [0.2, 0.25) is 0 Å². The molecule has 0 radical (unpaired) electrons. The number of nitrogens with one attached hydrogen (secondary N) is 1. The SMILES string of the molecule is Cc1nn(-c2cc(Oc3ccc(NS(=O)(=O)c4ccc(C(F)(F)F)cc4)cc3)ncn2)c(C)c1C. The van der Waals surface area contributed by atoms with Crippen LogP contribution in [0.3, 0.4) is 0 Å². The molecule has 0 amide bonds. The molecular formula is C23H20F3N5O3S. The molecule has 0 unspecified atom stereocenters. The standard InChI is InChI=1S/C23H20F3N5O3S/c1-14-15(2)29-31(16(14)3)21-12-22(28-13-27-21)34-19-8-6-18(7-9-19)30-35(32,33)20-10-4-17(5-11-20)23(24,25)26/h4-13,30H,1-3H3. The summed E-state index contributed by atoms with van der Waals surface area (Å²) in [5, 5.41) is 4.47. The number of sulfonamides is 1. The summed E-state index contributed by atoms with van der Waals surface area (Å²) in [6, 6.07) is 10.8. The molecular weight excluding hydrogens is 483 g/mol. The van der Waals surface area contributed by atoms with Crippen LogP contribution in [-0.4, -0.2) is 28.2 Å². The number of hydrogen-bond donors (Lipinski definition) is 1. The average Bonchev–Trinajstić information content (AvgIpc) is 3.07. The Kier molecular flexibility index (Phi) is 6.24. The molecule has 2 aromatic heterocycles. The van der Waals surface area contributed by atoms with Crippen LogP contribution in [0.25, 0.3) is 5.82 Å². The molecule has 0 aliphatic heterocycles. The van der Waals surface area contributed by atoms with Crippen molar-refractivity contribution < 1.29 is 26.3 Å². The lowest BCUT2D eigenvalue weighted by molar-refractivity contribution is -0.137. The monoisotopic (exact) mass is 503 g/mol. The number of halogens is 3. The third-order valence-corrected chi connectivity index (χ3v) is 6.72. The van der Waals surface area contributed by atoms with Gasteiger partial charge in [0.1, 0.15) is 12.1 Å². The minimum Gasteiger partial charge on any atom is -0.439 e. The quantitative estimate of drug-likeness (QED) is 0.388. The Bertz CT molecular complexity index is 1470. The van der Waals surface area contributed by atoms with E-state index < -0.39 is 21.8 Å². The Morgan fingerprint density at radius 3 is 2.17 bits per heavy atom. The van der Waals surface area contributed by atoms with Crippen molar-refractivity contribution in [3.8, 4) is 17.4 Å². The van der Waals surface area contributed by atoms with E-state index in [2.05, 4.69) is 19.8 Å². The maximum atomic E-state index is 12.7. The predicted molar refractivity (Wildman–Crippen MR) is 122 cm³/mol. The maximum absolute atomic E-state index is 12.7. The number of anilines is 1. The summed E-state index contributed by atoms with van der Waals surface area (Å²) in [7, 11) is -4.08. The molecule has 4 rings (SSSR count). The third-order valence-electron chi connectivity index (χ3n) is 5.32. The van der Waals surface area contributed by atoms with Crippen LogP contribution < -0.4 is 9.46 Å². The molecule has 0 saturated carbocycles. The predicted octanol–water partition coefficient (Wildman–Crippen LogP) is 5.20. The highest BCUT2D eigenvalue weighted by molar-refractivity contribution is 7.92. The van der Waals surface area contributed by atoms with E-state index in [-0.39, 0.29) is 16.5 Å². The fraction of sp³-hybridized carbons (Fsp3) is 0.174. The van der Waals surface area contributed by atoms with Crippen LogP contribution in [0.1, 0.15) is 22.5 Å². The van der Waals surface area contributed by atoms with Gasteiger partial charge in [-0.3, -0.25) is 4.72 Å². The van der Waals surface area contributed by atoms with Crippen molar-refractivity contribution in [1.29, 1.82) is 0 Å². The highest BCUT2D eigenvalue weighted by atomic mass is 32.2. The van der Waals surface area contributed by atoms with E-state index in [1.807, 2.05) is 20.8 Å². The summed E-state index contributed by atoms with van der Waals surface area (Å²) in [6.45, 7) is 5.81. The molecule has 4 aromatic rings. The van der Waals surface area contributed by atoms with Gasteiger partial charge in [0.2, 0.25) is 5.88 Å².